The van der Waals surface area contributed by atoms with Gasteiger partial charge in [-0.2, -0.15) is 5.10 Å². The summed E-state index contributed by atoms with van der Waals surface area (Å²) in [6, 6.07) is 0. The SMILES string of the molecule is Cc1nc2[nH]cc(C(=O)O)c2nc1Nc1cnn(C)c1. The molecule has 0 atom stereocenters. The zero-order valence-electron chi connectivity index (χ0n) is 10.9. The highest BCUT2D eigenvalue weighted by molar-refractivity contribution is 6.00. The Labute approximate surface area is 113 Å². The summed E-state index contributed by atoms with van der Waals surface area (Å²) >= 11 is 0. The minimum absolute atomic E-state index is 0.0988. The Balaban J connectivity index is 2.08. The van der Waals surface area contributed by atoms with Gasteiger partial charge in [0.05, 0.1) is 17.6 Å². The van der Waals surface area contributed by atoms with Crippen LogP contribution in [0.4, 0.5) is 11.5 Å². The fourth-order valence-electron chi connectivity index (χ4n) is 1.92. The maximum atomic E-state index is 11.1. The zero-order valence-corrected chi connectivity index (χ0v) is 10.9. The third-order valence-electron chi connectivity index (χ3n) is 2.88. The second-order valence-electron chi connectivity index (χ2n) is 4.39. The van der Waals surface area contributed by atoms with Crippen molar-refractivity contribution in [3.63, 3.8) is 0 Å². The number of H-pyrrole nitrogens is 1. The molecule has 3 aromatic rings. The maximum absolute atomic E-state index is 11.1. The summed E-state index contributed by atoms with van der Waals surface area (Å²) in [5.74, 6) is -0.533. The van der Waals surface area contributed by atoms with E-state index in [0.29, 0.717) is 22.7 Å². The standard InChI is InChI=1S/C12H12N6O2/c1-6-10(16-7-3-14-18(2)5-7)17-9-8(12(19)20)4-13-11(9)15-6/h3-5H,1-2H3,(H,13,15)(H,16,17)(H,19,20). The first-order valence-corrected chi connectivity index (χ1v) is 5.89. The molecule has 0 amide bonds. The Morgan fingerprint density at radius 1 is 1.45 bits per heavy atom. The molecule has 102 valence electrons. The molecule has 0 spiro atoms. The number of hydrogen-bond donors (Lipinski definition) is 3. The molecule has 3 aromatic heterocycles. The van der Waals surface area contributed by atoms with E-state index in [2.05, 4.69) is 25.4 Å². The monoisotopic (exact) mass is 272 g/mol. The number of aromatic amines is 1. The summed E-state index contributed by atoms with van der Waals surface area (Å²) in [4.78, 5) is 22.6. The van der Waals surface area contributed by atoms with Crippen LogP contribution in [0.2, 0.25) is 0 Å². The molecule has 0 aliphatic rings. The molecule has 3 rings (SSSR count). The lowest BCUT2D eigenvalue weighted by atomic mass is 10.3. The van der Waals surface area contributed by atoms with E-state index in [0.717, 1.165) is 5.69 Å². The summed E-state index contributed by atoms with van der Waals surface area (Å²) < 4.78 is 1.66. The van der Waals surface area contributed by atoms with Crippen molar-refractivity contribution in [2.24, 2.45) is 7.05 Å². The fourth-order valence-corrected chi connectivity index (χ4v) is 1.92. The van der Waals surface area contributed by atoms with Crippen molar-refractivity contribution in [3.05, 3.63) is 29.8 Å². The molecule has 0 aliphatic heterocycles. The Morgan fingerprint density at radius 3 is 2.90 bits per heavy atom. The molecular formula is C12H12N6O2. The maximum Gasteiger partial charge on any atom is 0.339 e. The van der Waals surface area contributed by atoms with Gasteiger partial charge in [0.15, 0.2) is 11.5 Å². The van der Waals surface area contributed by atoms with Gasteiger partial charge < -0.3 is 15.4 Å². The number of aromatic nitrogens is 5. The molecule has 20 heavy (non-hydrogen) atoms. The van der Waals surface area contributed by atoms with Gasteiger partial charge in [0, 0.05) is 19.4 Å². The fraction of sp³-hybridized carbons (Fsp3) is 0.167. The van der Waals surface area contributed by atoms with Gasteiger partial charge in [-0.05, 0) is 6.92 Å². The highest BCUT2D eigenvalue weighted by Crippen LogP contribution is 2.21. The van der Waals surface area contributed by atoms with Crippen LogP contribution < -0.4 is 5.32 Å². The Hall–Kier alpha value is -2.90. The molecule has 3 heterocycles. The Bertz CT molecular complexity index is 803. The predicted octanol–water partition coefficient (Wildman–Crippen LogP) is 1.44. The van der Waals surface area contributed by atoms with Crippen molar-refractivity contribution in [3.8, 4) is 0 Å². The number of aromatic carboxylic acids is 1. The number of nitrogens with zero attached hydrogens (tertiary/aromatic N) is 4. The van der Waals surface area contributed by atoms with E-state index in [1.165, 1.54) is 6.20 Å². The Morgan fingerprint density at radius 2 is 2.25 bits per heavy atom. The van der Waals surface area contributed by atoms with Crippen LogP contribution in [-0.4, -0.2) is 35.8 Å². The number of carbonyl (C=O) groups is 1. The van der Waals surface area contributed by atoms with Crippen molar-refractivity contribution in [2.45, 2.75) is 6.92 Å². The first-order valence-electron chi connectivity index (χ1n) is 5.89. The second kappa shape index (κ2) is 4.34. The number of fused-ring (bicyclic) bond motifs is 1. The number of anilines is 2. The third kappa shape index (κ3) is 1.96. The predicted molar refractivity (Wildman–Crippen MR) is 72.1 cm³/mol. The van der Waals surface area contributed by atoms with Crippen LogP contribution in [0.15, 0.2) is 18.6 Å². The van der Waals surface area contributed by atoms with Gasteiger partial charge in [-0.25, -0.2) is 14.8 Å². The lowest BCUT2D eigenvalue weighted by Crippen LogP contribution is -2.01. The van der Waals surface area contributed by atoms with Crippen molar-refractivity contribution < 1.29 is 9.90 Å². The second-order valence-corrected chi connectivity index (χ2v) is 4.39. The van der Waals surface area contributed by atoms with E-state index in [9.17, 15) is 4.79 Å². The van der Waals surface area contributed by atoms with Gasteiger partial charge in [0.25, 0.3) is 0 Å². The normalized spacial score (nSPS) is 10.9. The molecule has 0 saturated carbocycles. The van der Waals surface area contributed by atoms with Crippen LogP contribution in [0.25, 0.3) is 11.2 Å². The molecule has 0 radical (unpaired) electrons. The topological polar surface area (TPSA) is 109 Å². The van der Waals surface area contributed by atoms with Crippen LogP contribution in [-0.2, 0) is 7.05 Å². The number of nitrogens with one attached hydrogen (secondary N) is 2. The summed E-state index contributed by atoms with van der Waals surface area (Å²) in [5.41, 5.74) is 2.31. The molecular weight excluding hydrogens is 260 g/mol. The molecule has 0 saturated heterocycles. The molecule has 0 unspecified atom stereocenters. The van der Waals surface area contributed by atoms with Gasteiger partial charge in [-0.3, -0.25) is 4.68 Å². The van der Waals surface area contributed by atoms with Crippen LogP contribution in [0.3, 0.4) is 0 Å². The van der Waals surface area contributed by atoms with Gasteiger partial charge in [0.2, 0.25) is 0 Å². The average molecular weight is 272 g/mol. The molecule has 3 N–H and O–H groups in total. The highest BCUT2D eigenvalue weighted by Gasteiger charge is 2.15. The zero-order chi connectivity index (χ0) is 14.3. The van der Waals surface area contributed by atoms with Crippen molar-refractivity contribution >= 4 is 28.6 Å². The quantitative estimate of drug-likeness (QED) is 0.665. The molecule has 8 nitrogen and oxygen atoms in total. The average Bonchev–Trinajstić information content (AvgIpc) is 2.96. The van der Waals surface area contributed by atoms with Crippen LogP contribution in [0, 0.1) is 6.92 Å². The van der Waals surface area contributed by atoms with E-state index in [1.54, 1.807) is 24.0 Å². The number of rotatable bonds is 3. The lowest BCUT2D eigenvalue weighted by Gasteiger charge is -2.06. The molecule has 0 fully saturated rings. The summed E-state index contributed by atoms with van der Waals surface area (Å²) in [7, 11) is 1.81. The number of carboxylic acids is 1. The molecule has 0 bridgehead atoms. The van der Waals surface area contributed by atoms with Gasteiger partial charge in [0.1, 0.15) is 11.1 Å². The van der Waals surface area contributed by atoms with E-state index in [4.69, 9.17) is 5.11 Å². The van der Waals surface area contributed by atoms with Crippen LogP contribution in [0.1, 0.15) is 16.1 Å². The third-order valence-corrected chi connectivity index (χ3v) is 2.88. The lowest BCUT2D eigenvalue weighted by molar-refractivity contribution is 0.0699. The summed E-state index contributed by atoms with van der Waals surface area (Å²) in [5, 5.41) is 16.2. The molecule has 0 aliphatic carbocycles. The van der Waals surface area contributed by atoms with E-state index < -0.39 is 5.97 Å². The first kappa shape index (κ1) is 12.2. The smallest absolute Gasteiger partial charge is 0.339 e. The van der Waals surface area contributed by atoms with Crippen LogP contribution >= 0.6 is 0 Å². The van der Waals surface area contributed by atoms with Gasteiger partial charge >= 0.3 is 5.97 Å². The van der Waals surface area contributed by atoms with Gasteiger partial charge in [-0.1, -0.05) is 0 Å². The summed E-state index contributed by atoms with van der Waals surface area (Å²) in [6.45, 7) is 1.80. The number of carboxylic acid groups (broad SMARTS) is 1. The minimum Gasteiger partial charge on any atom is -0.478 e. The molecule has 8 heteroatoms. The van der Waals surface area contributed by atoms with E-state index in [-0.39, 0.29) is 5.56 Å². The first-order chi connectivity index (χ1) is 9.54. The van der Waals surface area contributed by atoms with Gasteiger partial charge in [-0.15, -0.1) is 0 Å². The summed E-state index contributed by atoms with van der Waals surface area (Å²) in [6.07, 6.45) is 4.83. The van der Waals surface area contributed by atoms with Crippen molar-refractivity contribution in [1.82, 2.24) is 24.7 Å². The number of hydrogen-bond acceptors (Lipinski definition) is 5. The molecule has 0 aromatic carbocycles. The number of aryl methyl sites for hydroxylation is 2. The van der Waals surface area contributed by atoms with Crippen molar-refractivity contribution in [1.29, 1.82) is 0 Å². The van der Waals surface area contributed by atoms with E-state index in [1.807, 2.05) is 7.05 Å². The Kier molecular flexibility index (Phi) is 2.63. The highest BCUT2D eigenvalue weighted by atomic mass is 16.4. The van der Waals surface area contributed by atoms with Crippen LogP contribution in [0.5, 0.6) is 0 Å². The largest absolute Gasteiger partial charge is 0.478 e. The van der Waals surface area contributed by atoms with E-state index >= 15 is 0 Å². The van der Waals surface area contributed by atoms with Crippen molar-refractivity contribution in [2.75, 3.05) is 5.32 Å². The minimum atomic E-state index is -1.04.